The van der Waals surface area contributed by atoms with Gasteiger partial charge in [0.15, 0.2) is 5.76 Å². The summed E-state index contributed by atoms with van der Waals surface area (Å²) in [6.07, 6.45) is 0. The predicted octanol–water partition coefficient (Wildman–Crippen LogP) is 2.68. The maximum atomic E-state index is 13.0. The van der Waals surface area contributed by atoms with E-state index in [0.717, 1.165) is 17.0 Å². The van der Waals surface area contributed by atoms with Crippen LogP contribution in [0.3, 0.4) is 0 Å². The van der Waals surface area contributed by atoms with E-state index < -0.39 is 23.4 Å². The van der Waals surface area contributed by atoms with Crippen molar-refractivity contribution in [2.75, 3.05) is 12.0 Å². The van der Waals surface area contributed by atoms with Crippen molar-refractivity contribution in [1.29, 1.82) is 0 Å². The summed E-state index contributed by atoms with van der Waals surface area (Å²) in [4.78, 5) is 25.6. The Labute approximate surface area is 131 Å². The maximum absolute atomic E-state index is 13.0. The van der Waals surface area contributed by atoms with Crippen molar-refractivity contribution in [3.8, 4) is 5.75 Å². The minimum atomic E-state index is -0.820. The molecule has 0 spiro atoms. The van der Waals surface area contributed by atoms with Crippen LogP contribution in [-0.4, -0.2) is 24.0 Å². The summed E-state index contributed by atoms with van der Waals surface area (Å²) in [7, 11) is 1.50. The molecule has 116 valence electrons. The zero-order valence-electron chi connectivity index (χ0n) is 12.1. The lowest BCUT2D eigenvalue weighted by atomic mass is 10.1. The molecule has 2 aromatic rings. The van der Waals surface area contributed by atoms with Gasteiger partial charge in [0.1, 0.15) is 11.6 Å². The topological polar surface area (TPSA) is 66.8 Å². The minimum absolute atomic E-state index is 0.147. The van der Waals surface area contributed by atoms with Crippen LogP contribution in [0.1, 0.15) is 5.56 Å². The van der Waals surface area contributed by atoms with Gasteiger partial charge >= 0.3 is 5.91 Å². The fourth-order valence-electron chi connectivity index (χ4n) is 2.36. The quantitative estimate of drug-likeness (QED) is 0.885. The van der Waals surface area contributed by atoms with Crippen molar-refractivity contribution < 1.29 is 23.8 Å². The number of carbonyl (C=O) groups is 2. The molecule has 23 heavy (non-hydrogen) atoms. The Hall–Kier alpha value is -3.15. The number of aliphatic hydroxyl groups is 1. The number of benzene rings is 2. The van der Waals surface area contributed by atoms with Gasteiger partial charge in [-0.3, -0.25) is 9.59 Å². The first-order valence-electron chi connectivity index (χ1n) is 6.75. The standard InChI is InChI=1S/C17H12FNO4/c1-23-13-8-6-12(7-9-13)19-16(21)14(15(20)17(19)22)10-2-4-11(18)5-3-10/h2-9,20H,1H3. The first-order chi connectivity index (χ1) is 11.0. The van der Waals surface area contributed by atoms with Crippen molar-refractivity contribution in [3.63, 3.8) is 0 Å². The summed E-state index contributed by atoms with van der Waals surface area (Å²) < 4.78 is 18.0. The second kappa shape index (κ2) is 5.57. The maximum Gasteiger partial charge on any atom is 0.301 e. The van der Waals surface area contributed by atoms with E-state index in [1.165, 1.54) is 31.4 Å². The average Bonchev–Trinajstić information content (AvgIpc) is 2.78. The number of methoxy groups -OCH3 is 1. The first kappa shape index (κ1) is 14.8. The van der Waals surface area contributed by atoms with Gasteiger partial charge in [-0.1, -0.05) is 12.1 Å². The van der Waals surface area contributed by atoms with E-state index in [4.69, 9.17) is 4.74 Å². The number of carbonyl (C=O) groups excluding carboxylic acids is 2. The van der Waals surface area contributed by atoms with Crippen LogP contribution in [0.4, 0.5) is 10.1 Å². The molecule has 1 aliphatic heterocycles. The highest BCUT2D eigenvalue weighted by Gasteiger charge is 2.40. The highest BCUT2D eigenvalue weighted by Crippen LogP contribution is 2.32. The fourth-order valence-corrected chi connectivity index (χ4v) is 2.36. The third-order valence-electron chi connectivity index (χ3n) is 3.52. The third kappa shape index (κ3) is 2.44. The molecule has 1 aliphatic rings. The van der Waals surface area contributed by atoms with Crippen molar-refractivity contribution in [3.05, 3.63) is 65.7 Å². The number of hydrogen-bond acceptors (Lipinski definition) is 4. The molecule has 1 heterocycles. The molecule has 0 aromatic heterocycles. The molecule has 2 amide bonds. The van der Waals surface area contributed by atoms with Crippen LogP contribution in [0.15, 0.2) is 54.3 Å². The first-order valence-corrected chi connectivity index (χ1v) is 6.75. The lowest BCUT2D eigenvalue weighted by Gasteiger charge is -2.14. The van der Waals surface area contributed by atoms with Crippen molar-refractivity contribution in [2.24, 2.45) is 0 Å². The molecular formula is C17H12FNO4. The van der Waals surface area contributed by atoms with Gasteiger partial charge in [0, 0.05) is 0 Å². The van der Waals surface area contributed by atoms with Gasteiger partial charge in [0.05, 0.1) is 18.4 Å². The molecule has 0 atom stereocenters. The minimum Gasteiger partial charge on any atom is -0.502 e. The van der Waals surface area contributed by atoms with Crippen LogP contribution in [0, 0.1) is 5.82 Å². The van der Waals surface area contributed by atoms with Crippen LogP contribution in [-0.2, 0) is 9.59 Å². The van der Waals surface area contributed by atoms with E-state index in [1.807, 2.05) is 0 Å². The molecule has 0 saturated carbocycles. The molecule has 6 heteroatoms. The summed E-state index contributed by atoms with van der Waals surface area (Å²) in [5.74, 6) is -2.04. The summed E-state index contributed by atoms with van der Waals surface area (Å²) in [5.41, 5.74) is 0.438. The van der Waals surface area contributed by atoms with E-state index in [-0.39, 0.29) is 11.1 Å². The van der Waals surface area contributed by atoms with Crippen molar-refractivity contribution in [1.82, 2.24) is 0 Å². The smallest absolute Gasteiger partial charge is 0.301 e. The Kier molecular flexibility index (Phi) is 3.57. The molecule has 0 unspecified atom stereocenters. The Morgan fingerprint density at radius 2 is 1.57 bits per heavy atom. The van der Waals surface area contributed by atoms with Crippen LogP contribution >= 0.6 is 0 Å². The van der Waals surface area contributed by atoms with Gasteiger partial charge in [-0.15, -0.1) is 0 Å². The number of aliphatic hydroxyl groups excluding tert-OH is 1. The number of nitrogens with zero attached hydrogens (tertiary/aromatic N) is 1. The number of amides is 2. The molecular weight excluding hydrogens is 301 g/mol. The van der Waals surface area contributed by atoms with E-state index >= 15 is 0 Å². The van der Waals surface area contributed by atoms with Crippen LogP contribution in [0.25, 0.3) is 5.57 Å². The normalized spacial score (nSPS) is 14.6. The number of halogens is 1. The Morgan fingerprint density at radius 1 is 0.957 bits per heavy atom. The van der Waals surface area contributed by atoms with E-state index in [0.29, 0.717) is 11.4 Å². The largest absolute Gasteiger partial charge is 0.502 e. The van der Waals surface area contributed by atoms with Crippen molar-refractivity contribution in [2.45, 2.75) is 0 Å². The molecule has 1 N–H and O–H groups in total. The lowest BCUT2D eigenvalue weighted by Crippen LogP contribution is -2.31. The number of anilines is 1. The Balaban J connectivity index is 1.99. The SMILES string of the molecule is COc1ccc(N2C(=O)C(O)=C(c3ccc(F)cc3)C2=O)cc1. The molecule has 0 aliphatic carbocycles. The Bertz CT molecular complexity index is 809. The van der Waals surface area contributed by atoms with Gasteiger partial charge in [0.25, 0.3) is 5.91 Å². The summed E-state index contributed by atoms with van der Waals surface area (Å²) in [5, 5.41) is 10.0. The van der Waals surface area contributed by atoms with Crippen LogP contribution in [0.5, 0.6) is 5.75 Å². The molecule has 0 fully saturated rings. The summed E-state index contributed by atoms with van der Waals surface area (Å²) in [6, 6.07) is 11.3. The van der Waals surface area contributed by atoms with Gasteiger partial charge in [-0.2, -0.15) is 0 Å². The fraction of sp³-hybridized carbons (Fsp3) is 0.0588. The summed E-state index contributed by atoms with van der Waals surface area (Å²) in [6.45, 7) is 0. The zero-order chi connectivity index (χ0) is 16.6. The Morgan fingerprint density at radius 3 is 2.13 bits per heavy atom. The van der Waals surface area contributed by atoms with Crippen LogP contribution in [0.2, 0.25) is 0 Å². The second-order valence-electron chi connectivity index (χ2n) is 4.87. The number of imide groups is 1. The third-order valence-corrected chi connectivity index (χ3v) is 3.52. The average molecular weight is 313 g/mol. The molecule has 2 aromatic carbocycles. The van der Waals surface area contributed by atoms with Gasteiger partial charge in [-0.25, -0.2) is 9.29 Å². The molecule has 5 nitrogen and oxygen atoms in total. The van der Waals surface area contributed by atoms with E-state index in [1.54, 1.807) is 12.1 Å². The molecule has 3 rings (SSSR count). The zero-order valence-corrected chi connectivity index (χ0v) is 12.1. The van der Waals surface area contributed by atoms with Gasteiger partial charge < -0.3 is 9.84 Å². The number of hydrogen-bond donors (Lipinski definition) is 1. The van der Waals surface area contributed by atoms with Gasteiger partial charge in [0.2, 0.25) is 0 Å². The van der Waals surface area contributed by atoms with Crippen LogP contribution < -0.4 is 9.64 Å². The monoisotopic (exact) mass is 313 g/mol. The van der Waals surface area contributed by atoms with E-state index in [2.05, 4.69) is 0 Å². The van der Waals surface area contributed by atoms with Crippen molar-refractivity contribution >= 4 is 23.1 Å². The molecule has 0 saturated heterocycles. The second-order valence-corrected chi connectivity index (χ2v) is 4.87. The number of ether oxygens (including phenoxy) is 1. The molecule has 0 radical (unpaired) electrons. The van der Waals surface area contributed by atoms with E-state index in [9.17, 15) is 19.1 Å². The summed E-state index contributed by atoms with van der Waals surface area (Å²) >= 11 is 0. The highest BCUT2D eigenvalue weighted by molar-refractivity contribution is 6.44. The predicted molar refractivity (Wildman–Crippen MR) is 81.4 cm³/mol. The number of rotatable bonds is 3. The highest BCUT2D eigenvalue weighted by atomic mass is 19.1. The lowest BCUT2D eigenvalue weighted by molar-refractivity contribution is -0.121. The van der Waals surface area contributed by atoms with Gasteiger partial charge in [-0.05, 0) is 42.0 Å². The molecule has 0 bridgehead atoms.